The van der Waals surface area contributed by atoms with E-state index in [0.29, 0.717) is 0 Å². The highest BCUT2D eigenvalue weighted by Gasteiger charge is 2.17. The van der Waals surface area contributed by atoms with Crippen molar-refractivity contribution in [1.29, 1.82) is 0 Å². The highest BCUT2D eigenvalue weighted by Crippen LogP contribution is 2.38. The van der Waals surface area contributed by atoms with Crippen LogP contribution in [0.3, 0.4) is 0 Å². The maximum Gasteiger partial charge on any atom is 0.128 e. The van der Waals surface area contributed by atoms with Gasteiger partial charge in [0, 0.05) is 22.9 Å². The highest BCUT2D eigenvalue weighted by molar-refractivity contribution is 5.87. The van der Waals surface area contributed by atoms with Crippen LogP contribution in [0.2, 0.25) is 0 Å². The lowest BCUT2D eigenvalue weighted by atomic mass is 9.87. The fraction of sp³-hybridized carbons (Fsp3) is 0.128. The van der Waals surface area contributed by atoms with E-state index in [9.17, 15) is 0 Å². The van der Waals surface area contributed by atoms with Gasteiger partial charge in [0.2, 0.25) is 0 Å². The Bertz CT molecular complexity index is 1850. The van der Waals surface area contributed by atoms with Gasteiger partial charge in [-0.05, 0) is 75.7 Å². The zero-order valence-corrected chi connectivity index (χ0v) is 24.5. The molecule has 2 heterocycles. The predicted octanol–water partition coefficient (Wildman–Crippen LogP) is 10.1. The molecule has 6 aromatic rings. The third-order valence-electron chi connectivity index (χ3n) is 7.61. The standard InChI is InChI=1S/C39H34N2O/c1-39(2,3)31-21-22-40-35(26-31)28-15-12-16-29(23-28)36-24-30(25-37(41-36)34-19-10-11-20-38(34)42-4)33-18-9-8-17-32(33)27-13-6-5-7-14-27/h5-26H,1-4H3. The lowest BCUT2D eigenvalue weighted by molar-refractivity contribution is 0.416. The van der Waals surface area contributed by atoms with Crippen LogP contribution in [0.25, 0.3) is 56.0 Å². The van der Waals surface area contributed by atoms with Crippen molar-refractivity contribution >= 4 is 0 Å². The molecular weight excluding hydrogens is 512 g/mol. The van der Waals surface area contributed by atoms with Gasteiger partial charge in [-0.2, -0.15) is 0 Å². The zero-order valence-electron chi connectivity index (χ0n) is 24.5. The Morgan fingerprint density at radius 3 is 1.81 bits per heavy atom. The van der Waals surface area contributed by atoms with Crippen molar-refractivity contribution in [2.45, 2.75) is 26.2 Å². The van der Waals surface area contributed by atoms with Crippen LogP contribution in [0.1, 0.15) is 26.3 Å². The van der Waals surface area contributed by atoms with Crippen molar-refractivity contribution in [3.8, 4) is 61.8 Å². The third-order valence-corrected chi connectivity index (χ3v) is 7.61. The van der Waals surface area contributed by atoms with Gasteiger partial charge in [-0.25, -0.2) is 4.98 Å². The Morgan fingerprint density at radius 2 is 1.10 bits per heavy atom. The van der Waals surface area contributed by atoms with E-state index >= 15 is 0 Å². The Balaban J connectivity index is 1.54. The molecule has 0 saturated carbocycles. The van der Waals surface area contributed by atoms with Crippen LogP contribution in [-0.2, 0) is 5.41 Å². The first-order valence-corrected chi connectivity index (χ1v) is 14.3. The van der Waals surface area contributed by atoms with Crippen LogP contribution < -0.4 is 4.74 Å². The first-order valence-electron chi connectivity index (χ1n) is 14.3. The van der Waals surface area contributed by atoms with E-state index in [1.165, 1.54) is 16.7 Å². The van der Waals surface area contributed by atoms with Crippen molar-refractivity contribution in [3.05, 3.63) is 139 Å². The minimum Gasteiger partial charge on any atom is -0.496 e. The molecule has 0 radical (unpaired) electrons. The number of pyridine rings is 2. The normalized spacial score (nSPS) is 11.3. The Kier molecular flexibility index (Phi) is 7.41. The topological polar surface area (TPSA) is 35.0 Å². The van der Waals surface area contributed by atoms with E-state index in [2.05, 4.69) is 130 Å². The smallest absolute Gasteiger partial charge is 0.128 e. The summed E-state index contributed by atoms with van der Waals surface area (Å²) in [5.41, 5.74) is 11.7. The second-order valence-electron chi connectivity index (χ2n) is 11.5. The number of ether oxygens (including phenoxy) is 1. The van der Waals surface area contributed by atoms with Gasteiger partial charge in [0.25, 0.3) is 0 Å². The summed E-state index contributed by atoms with van der Waals surface area (Å²) >= 11 is 0. The maximum absolute atomic E-state index is 5.75. The van der Waals surface area contributed by atoms with E-state index in [0.717, 1.165) is 50.6 Å². The summed E-state index contributed by atoms with van der Waals surface area (Å²) < 4.78 is 5.75. The molecule has 2 aromatic heterocycles. The molecule has 0 aliphatic rings. The van der Waals surface area contributed by atoms with Crippen LogP contribution in [0.4, 0.5) is 0 Å². The average Bonchev–Trinajstić information content (AvgIpc) is 3.04. The SMILES string of the molecule is COc1ccccc1-c1cc(-c2ccccc2-c2ccccc2)cc(-c2cccc(-c3cc(C(C)(C)C)ccn3)c2)n1. The molecule has 4 aromatic carbocycles. The third kappa shape index (κ3) is 5.59. The molecule has 0 bridgehead atoms. The number of hydrogen-bond donors (Lipinski definition) is 0. The Labute approximate surface area is 248 Å². The molecule has 3 nitrogen and oxygen atoms in total. The molecule has 206 valence electrons. The molecule has 0 N–H and O–H groups in total. The molecular formula is C39H34N2O. The molecule has 0 amide bonds. The first kappa shape index (κ1) is 27.2. The number of aromatic nitrogens is 2. The van der Waals surface area contributed by atoms with E-state index < -0.39 is 0 Å². The number of para-hydroxylation sites is 1. The molecule has 0 saturated heterocycles. The highest BCUT2D eigenvalue weighted by atomic mass is 16.5. The summed E-state index contributed by atoms with van der Waals surface area (Å²) in [6, 6.07) is 44.3. The molecule has 6 rings (SSSR count). The van der Waals surface area contributed by atoms with Crippen molar-refractivity contribution in [3.63, 3.8) is 0 Å². The molecule has 0 spiro atoms. The van der Waals surface area contributed by atoms with Crippen LogP contribution in [0, 0.1) is 0 Å². The Hall–Kier alpha value is -5.02. The van der Waals surface area contributed by atoms with E-state index in [1.807, 2.05) is 24.4 Å². The predicted molar refractivity (Wildman–Crippen MR) is 174 cm³/mol. The van der Waals surface area contributed by atoms with E-state index in [1.54, 1.807) is 7.11 Å². The van der Waals surface area contributed by atoms with Crippen molar-refractivity contribution < 1.29 is 4.74 Å². The molecule has 0 fully saturated rings. The van der Waals surface area contributed by atoms with Crippen LogP contribution in [0.15, 0.2) is 134 Å². The Morgan fingerprint density at radius 1 is 0.500 bits per heavy atom. The molecule has 3 heteroatoms. The van der Waals surface area contributed by atoms with Crippen molar-refractivity contribution in [2.24, 2.45) is 0 Å². The van der Waals surface area contributed by atoms with Crippen molar-refractivity contribution in [2.75, 3.05) is 7.11 Å². The van der Waals surface area contributed by atoms with Crippen molar-refractivity contribution in [1.82, 2.24) is 9.97 Å². The fourth-order valence-electron chi connectivity index (χ4n) is 5.33. The van der Waals surface area contributed by atoms with Gasteiger partial charge in [0.15, 0.2) is 0 Å². The van der Waals surface area contributed by atoms with Gasteiger partial charge < -0.3 is 4.74 Å². The lowest BCUT2D eigenvalue weighted by Crippen LogP contribution is -2.11. The lowest BCUT2D eigenvalue weighted by Gasteiger charge is -2.19. The van der Waals surface area contributed by atoms with Crippen LogP contribution in [0.5, 0.6) is 5.75 Å². The second kappa shape index (κ2) is 11.5. The summed E-state index contributed by atoms with van der Waals surface area (Å²) in [6.45, 7) is 6.68. The summed E-state index contributed by atoms with van der Waals surface area (Å²) in [6.07, 6.45) is 1.90. The van der Waals surface area contributed by atoms with E-state index in [4.69, 9.17) is 14.7 Å². The van der Waals surface area contributed by atoms with Gasteiger partial charge in [-0.1, -0.05) is 106 Å². The summed E-state index contributed by atoms with van der Waals surface area (Å²) in [5.74, 6) is 0.793. The molecule has 0 aliphatic carbocycles. The molecule has 0 atom stereocenters. The number of methoxy groups -OCH3 is 1. The second-order valence-corrected chi connectivity index (χ2v) is 11.5. The van der Waals surface area contributed by atoms with Crippen LogP contribution >= 0.6 is 0 Å². The largest absolute Gasteiger partial charge is 0.496 e. The van der Waals surface area contributed by atoms with Gasteiger partial charge in [-0.3, -0.25) is 4.98 Å². The molecule has 42 heavy (non-hydrogen) atoms. The minimum atomic E-state index is 0.0426. The average molecular weight is 547 g/mol. The first-order chi connectivity index (χ1) is 20.4. The minimum absolute atomic E-state index is 0.0426. The monoisotopic (exact) mass is 546 g/mol. The molecule has 0 aliphatic heterocycles. The van der Waals surface area contributed by atoms with Crippen LogP contribution in [-0.4, -0.2) is 17.1 Å². The fourth-order valence-corrected chi connectivity index (χ4v) is 5.33. The number of nitrogens with zero attached hydrogens (tertiary/aromatic N) is 2. The quantitative estimate of drug-likeness (QED) is 0.208. The number of benzene rings is 4. The van der Waals surface area contributed by atoms with E-state index in [-0.39, 0.29) is 5.41 Å². The van der Waals surface area contributed by atoms with Gasteiger partial charge in [0.1, 0.15) is 5.75 Å². The van der Waals surface area contributed by atoms with Gasteiger partial charge >= 0.3 is 0 Å². The number of rotatable bonds is 6. The van der Waals surface area contributed by atoms with Gasteiger partial charge in [0.05, 0.1) is 24.2 Å². The van der Waals surface area contributed by atoms with Gasteiger partial charge in [-0.15, -0.1) is 0 Å². The zero-order chi connectivity index (χ0) is 29.1. The summed E-state index contributed by atoms with van der Waals surface area (Å²) in [7, 11) is 1.70. The molecule has 0 unspecified atom stereocenters. The summed E-state index contributed by atoms with van der Waals surface area (Å²) in [4.78, 5) is 9.92. The number of hydrogen-bond acceptors (Lipinski definition) is 3. The summed E-state index contributed by atoms with van der Waals surface area (Å²) in [5, 5.41) is 0. The maximum atomic E-state index is 5.75.